The van der Waals surface area contributed by atoms with Gasteiger partial charge in [0.25, 0.3) is 0 Å². The molecule has 3 N–H and O–H groups in total. The number of aryl methyl sites for hydroxylation is 2. The SMILES string of the molecule is Cc1cc(C)cc(NC(N)=NCC2(C(C)C)CC2)c1. The molecule has 3 heteroatoms. The van der Waals surface area contributed by atoms with Gasteiger partial charge in [-0.3, -0.25) is 4.99 Å². The summed E-state index contributed by atoms with van der Waals surface area (Å²) in [5, 5.41) is 3.19. The molecule has 0 saturated heterocycles. The minimum absolute atomic E-state index is 0.412. The van der Waals surface area contributed by atoms with Gasteiger partial charge in [-0.1, -0.05) is 19.9 Å². The van der Waals surface area contributed by atoms with E-state index in [-0.39, 0.29) is 0 Å². The molecule has 0 radical (unpaired) electrons. The fraction of sp³-hybridized carbons (Fsp3) is 0.562. The summed E-state index contributed by atoms with van der Waals surface area (Å²) in [6.45, 7) is 9.56. The van der Waals surface area contributed by atoms with Crippen molar-refractivity contribution in [1.29, 1.82) is 0 Å². The number of anilines is 1. The lowest BCUT2D eigenvalue weighted by atomic mass is 9.93. The number of nitrogens with two attached hydrogens (primary N) is 1. The number of nitrogens with zero attached hydrogens (tertiary/aromatic N) is 1. The van der Waals surface area contributed by atoms with Crippen LogP contribution in [0.25, 0.3) is 0 Å². The molecule has 1 aliphatic carbocycles. The van der Waals surface area contributed by atoms with Crippen molar-refractivity contribution in [2.75, 3.05) is 11.9 Å². The third-order valence-electron chi connectivity index (χ3n) is 4.18. The van der Waals surface area contributed by atoms with E-state index in [1.54, 1.807) is 0 Å². The first kappa shape index (κ1) is 13.9. The molecule has 0 aromatic heterocycles. The summed E-state index contributed by atoms with van der Waals surface area (Å²) in [7, 11) is 0. The second kappa shape index (κ2) is 5.24. The van der Waals surface area contributed by atoms with Crippen LogP contribution in [0.15, 0.2) is 23.2 Å². The van der Waals surface area contributed by atoms with Gasteiger partial charge in [0.15, 0.2) is 5.96 Å². The van der Waals surface area contributed by atoms with E-state index < -0.39 is 0 Å². The van der Waals surface area contributed by atoms with Crippen LogP contribution in [0, 0.1) is 25.2 Å². The number of hydrogen-bond donors (Lipinski definition) is 2. The normalized spacial score (nSPS) is 17.6. The average molecular weight is 259 g/mol. The molecule has 0 atom stereocenters. The van der Waals surface area contributed by atoms with Gasteiger partial charge in [-0.2, -0.15) is 0 Å². The van der Waals surface area contributed by atoms with Gasteiger partial charge >= 0.3 is 0 Å². The predicted molar refractivity (Wildman–Crippen MR) is 82.5 cm³/mol. The van der Waals surface area contributed by atoms with Crippen molar-refractivity contribution in [3.8, 4) is 0 Å². The van der Waals surface area contributed by atoms with E-state index in [0.29, 0.717) is 17.3 Å². The summed E-state index contributed by atoms with van der Waals surface area (Å²) >= 11 is 0. The van der Waals surface area contributed by atoms with Gasteiger partial charge in [-0.25, -0.2) is 0 Å². The summed E-state index contributed by atoms with van der Waals surface area (Å²) in [5.41, 5.74) is 9.88. The number of benzene rings is 1. The van der Waals surface area contributed by atoms with Crippen LogP contribution in [-0.2, 0) is 0 Å². The third-order valence-corrected chi connectivity index (χ3v) is 4.18. The Labute approximate surface area is 116 Å². The van der Waals surface area contributed by atoms with Crippen LogP contribution >= 0.6 is 0 Å². The lowest BCUT2D eigenvalue weighted by Crippen LogP contribution is -2.25. The molecule has 0 heterocycles. The average Bonchev–Trinajstić information content (AvgIpc) is 3.05. The summed E-state index contributed by atoms with van der Waals surface area (Å²) < 4.78 is 0. The Morgan fingerprint density at radius 1 is 1.26 bits per heavy atom. The van der Waals surface area contributed by atoms with E-state index in [9.17, 15) is 0 Å². The molecule has 2 rings (SSSR count). The molecule has 1 aromatic carbocycles. The molecule has 1 aromatic rings. The minimum atomic E-state index is 0.412. The molecule has 1 fully saturated rings. The standard InChI is InChI=1S/C16H25N3/c1-11(2)16(5-6-16)10-18-15(17)19-14-8-12(3)7-13(4)9-14/h7-9,11H,5-6,10H2,1-4H3,(H3,17,18,19). The smallest absolute Gasteiger partial charge is 0.193 e. The Kier molecular flexibility index (Phi) is 3.83. The van der Waals surface area contributed by atoms with E-state index in [1.165, 1.54) is 24.0 Å². The van der Waals surface area contributed by atoms with Crippen LogP contribution in [0.3, 0.4) is 0 Å². The zero-order valence-electron chi connectivity index (χ0n) is 12.5. The first-order chi connectivity index (χ1) is 8.91. The van der Waals surface area contributed by atoms with Gasteiger partial charge in [0, 0.05) is 12.2 Å². The molecule has 0 amide bonds. The molecule has 0 spiro atoms. The van der Waals surface area contributed by atoms with E-state index >= 15 is 0 Å². The molecular weight excluding hydrogens is 234 g/mol. The maximum Gasteiger partial charge on any atom is 0.193 e. The van der Waals surface area contributed by atoms with Crippen molar-refractivity contribution in [2.45, 2.75) is 40.5 Å². The predicted octanol–water partition coefficient (Wildman–Crippen LogP) is 3.47. The Morgan fingerprint density at radius 2 is 1.84 bits per heavy atom. The fourth-order valence-corrected chi connectivity index (χ4v) is 2.56. The number of nitrogens with one attached hydrogen (secondary N) is 1. The molecular formula is C16H25N3. The Bertz CT molecular complexity index is 465. The summed E-state index contributed by atoms with van der Waals surface area (Å²) in [6, 6.07) is 6.33. The van der Waals surface area contributed by atoms with E-state index in [2.05, 4.69) is 56.2 Å². The lowest BCUT2D eigenvalue weighted by Gasteiger charge is -2.17. The van der Waals surface area contributed by atoms with Gasteiger partial charge in [0.05, 0.1) is 0 Å². The molecule has 3 nitrogen and oxygen atoms in total. The molecule has 1 aliphatic rings. The molecule has 1 saturated carbocycles. The topological polar surface area (TPSA) is 50.4 Å². The van der Waals surface area contributed by atoms with E-state index in [4.69, 9.17) is 5.73 Å². The quantitative estimate of drug-likeness (QED) is 0.642. The van der Waals surface area contributed by atoms with Crippen molar-refractivity contribution < 1.29 is 0 Å². The number of hydrogen-bond acceptors (Lipinski definition) is 1. The zero-order chi connectivity index (χ0) is 14.0. The van der Waals surface area contributed by atoms with Crippen molar-refractivity contribution in [3.63, 3.8) is 0 Å². The number of rotatable bonds is 4. The summed E-state index contributed by atoms with van der Waals surface area (Å²) in [4.78, 5) is 4.52. The molecule has 0 bridgehead atoms. The minimum Gasteiger partial charge on any atom is -0.370 e. The summed E-state index contributed by atoms with van der Waals surface area (Å²) in [5.74, 6) is 1.21. The maximum absolute atomic E-state index is 5.98. The second-order valence-corrected chi connectivity index (χ2v) is 6.22. The highest BCUT2D eigenvalue weighted by molar-refractivity contribution is 5.92. The highest BCUT2D eigenvalue weighted by Crippen LogP contribution is 2.51. The van der Waals surface area contributed by atoms with Crippen LogP contribution < -0.4 is 11.1 Å². The molecule has 104 valence electrons. The highest BCUT2D eigenvalue weighted by Gasteiger charge is 2.45. The van der Waals surface area contributed by atoms with Crippen molar-refractivity contribution in [1.82, 2.24) is 0 Å². The number of guanidine groups is 1. The highest BCUT2D eigenvalue weighted by atomic mass is 15.1. The van der Waals surface area contributed by atoms with Crippen LogP contribution in [0.4, 0.5) is 5.69 Å². The zero-order valence-corrected chi connectivity index (χ0v) is 12.5. The van der Waals surface area contributed by atoms with Crippen LogP contribution in [0.2, 0.25) is 0 Å². The summed E-state index contributed by atoms with van der Waals surface area (Å²) in [6.07, 6.45) is 2.57. The molecule has 0 unspecified atom stereocenters. The van der Waals surface area contributed by atoms with Gasteiger partial charge in [0.2, 0.25) is 0 Å². The van der Waals surface area contributed by atoms with Gasteiger partial charge in [-0.05, 0) is 61.3 Å². The second-order valence-electron chi connectivity index (χ2n) is 6.22. The third kappa shape index (κ3) is 3.49. The van der Waals surface area contributed by atoms with Crippen LogP contribution in [-0.4, -0.2) is 12.5 Å². The van der Waals surface area contributed by atoms with E-state index in [0.717, 1.165) is 12.2 Å². The molecule has 19 heavy (non-hydrogen) atoms. The molecule has 0 aliphatic heterocycles. The van der Waals surface area contributed by atoms with Crippen LogP contribution in [0.5, 0.6) is 0 Å². The van der Waals surface area contributed by atoms with Gasteiger partial charge in [-0.15, -0.1) is 0 Å². The largest absolute Gasteiger partial charge is 0.370 e. The Morgan fingerprint density at radius 3 is 2.32 bits per heavy atom. The van der Waals surface area contributed by atoms with Gasteiger partial charge < -0.3 is 11.1 Å². The Balaban J connectivity index is 1.99. The van der Waals surface area contributed by atoms with Crippen molar-refractivity contribution >= 4 is 11.6 Å². The first-order valence-electron chi connectivity index (χ1n) is 7.06. The van der Waals surface area contributed by atoms with E-state index in [1.807, 2.05) is 0 Å². The Hall–Kier alpha value is -1.51. The first-order valence-corrected chi connectivity index (χ1v) is 7.06. The number of aliphatic imine (C=N–C) groups is 1. The maximum atomic E-state index is 5.98. The monoisotopic (exact) mass is 259 g/mol. The van der Waals surface area contributed by atoms with Gasteiger partial charge in [0.1, 0.15) is 0 Å². The fourth-order valence-electron chi connectivity index (χ4n) is 2.56. The van der Waals surface area contributed by atoms with Crippen molar-refractivity contribution in [3.05, 3.63) is 29.3 Å². The van der Waals surface area contributed by atoms with Crippen molar-refractivity contribution in [2.24, 2.45) is 22.1 Å². The lowest BCUT2D eigenvalue weighted by molar-refractivity contribution is 0.371. The van der Waals surface area contributed by atoms with Crippen LogP contribution in [0.1, 0.15) is 37.8 Å².